The van der Waals surface area contributed by atoms with Crippen LogP contribution in [0.2, 0.25) is 0 Å². The highest BCUT2D eigenvalue weighted by molar-refractivity contribution is 4.79. The van der Waals surface area contributed by atoms with E-state index in [0.717, 1.165) is 25.6 Å². The molecule has 0 rings (SSSR count). The Labute approximate surface area is 83.2 Å². The monoisotopic (exact) mass is 184 g/mol. The number of ether oxygens (including phenoxy) is 1. The molecular formula is C12H24O. The standard InChI is InChI=1S/C12H24O/c1-5-8-13-10-12(7-3)9-11(4)6-2/h7,11-12H,3,5-6,8-10H2,1-2,4H3. The molecule has 0 radical (unpaired) electrons. The van der Waals surface area contributed by atoms with Gasteiger partial charge in [0.15, 0.2) is 0 Å². The van der Waals surface area contributed by atoms with E-state index in [9.17, 15) is 0 Å². The summed E-state index contributed by atoms with van der Waals surface area (Å²) in [5.41, 5.74) is 0. The van der Waals surface area contributed by atoms with E-state index >= 15 is 0 Å². The van der Waals surface area contributed by atoms with Crippen LogP contribution in [-0.2, 0) is 4.74 Å². The van der Waals surface area contributed by atoms with Gasteiger partial charge in [-0.05, 0) is 18.8 Å². The normalized spacial score (nSPS) is 15.3. The lowest BCUT2D eigenvalue weighted by Crippen LogP contribution is -2.11. The minimum absolute atomic E-state index is 0.543. The van der Waals surface area contributed by atoms with Gasteiger partial charge in [0, 0.05) is 12.5 Å². The molecular weight excluding hydrogens is 160 g/mol. The van der Waals surface area contributed by atoms with Gasteiger partial charge >= 0.3 is 0 Å². The first-order valence-electron chi connectivity index (χ1n) is 5.44. The summed E-state index contributed by atoms with van der Waals surface area (Å²) in [6.07, 6.45) is 5.59. The molecule has 0 aromatic carbocycles. The maximum Gasteiger partial charge on any atom is 0.0528 e. The first kappa shape index (κ1) is 12.7. The van der Waals surface area contributed by atoms with Gasteiger partial charge in [-0.3, -0.25) is 0 Å². The molecule has 0 fully saturated rings. The van der Waals surface area contributed by atoms with Gasteiger partial charge in [-0.2, -0.15) is 0 Å². The van der Waals surface area contributed by atoms with E-state index < -0.39 is 0 Å². The van der Waals surface area contributed by atoms with Crippen molar-refractivity contribution in [3.05, 3.63) is 12.7 Å². The Hall–Kier alpha value is -0.300. The van der Waals surface area contributed by atoms with Crippen LogP contribution in [0.4, 0.5) is 0 Å². The fourth-order valence-corrected chi connectivity index (χ4v) is 1.29. The molecule has 0 aliphatic rings. The summed E-state index contributed by atoms with van der Waals surface area (Å²) in [6.45, 7) is 12.2. The second kappa shape index (κ2) is 8.31. The topological polar surface area (TPSA) is 9.23 Å². The Balaban J connectivity index is 3.56. The van der Waals surface area contributed by atoms with Crippen LogP contribution in [0, 0.1) is 11.8 Å². The molecule has 0 heterocycles. The van der Waals surface area contributed by atoms with E-state index in [4.69, 9.17) is 4.74 Å². The minimum Gasteiger partial charge on any atom is -0.381 e. The van der Waals surface area contributed by atoms with E-state index in [1.165, 1.54) is 12.8 Å². The summed E-state index contributed by atoms with van der Waals surface area (Å²) >= 11 is 0. The molecule has 2 unspecified atom stereocenters. The minimum atomic E-state index is 0.543. The number of rotatable bonds is 8. The fraction of sp³-hybridized carbons (Fsp3) is 0.833. The Morgan fingerprint density at radius 1 is 1.38 bits per heavy atom. The zero-order valence-corrected chi connectivity index (χ0v) is 9.38. The van der Waals surface area contributed by atoms with Crippen LogP contribution in [-0.4, -0.2) is 13.2 Å². The van der Waals surface area contributed by atoms with Crippen molar-refractivity contribution in [2.75, 3.05) is 13.2 Å². The van der Waals surface area contributed by atoms with Crippen LogP contribution in [0.3, 0.4) is 0 Å². The van der Waals surface area contributed by atoms with E-state index in [1.54, 1.807) is 0 Å². The Morgan fingerprint density at radius 3 is 2.54 bits per heavy atom. The molecule has 2 atom stereocenters. The van der Waals surface area contributed by atoms with E-state index in [2.05, 4.69) is 27.4 Å². The lowest BCUT2D eigenvalue weighted by atomic mass is 9.95. The second-order valence-electron chi connectivity index (χ2n) is 3.82. The summed E-state index contributed by atoms with van der Waals surface area (Å²) in [5, 5.41) is 0. The third-order valence-electron chi connectivity index (χ3n) is 2.42. The Kier molecular flexibility index (Phi) is 8.11. The zero-order valence-electron chi connectivity index (χ0n) is 9.38. The smallest absolute Gasteiger partial charge is 0.0528 e. The third kappa shape index (κ3) is 6.83. The van der Waals surface area contributed by atoms with Crippen LogP contribution in [0.1, 0.15) is 40.0 Å². The molecule has 0 spiro atoms. The zero-order chi connectivity index (χ0) is 10.1. The molecule has 13 heavy (non-hydrogen) atoms. The number of hydrogen-bond donors (Lipinski definition) is 0. The largest absolute Gasteiger partial charge is 0.381 e. The van der Waals surface area contributed by atoms with Crippen molar-refractivity contribution in [2.24, 2.45) is 11.8 Å². The Morgan fingerprint density at radius 2 is 2.08 bits per heavy atom. The molecule has 0 aromatic heterocycles. The molecule has 0 N–H and O–H groups in total. The van der Waals surface area contributed by atoms with Crippen LogP contribution >= 0.6 is 0 Å². The molecule has 0 aromatic rings. The van der Waals surface area contributed by atoms with Crippen LogP contribution in [0.5, 0.6) is 0 Å². The van der Waals surface area contributed by atoms with E-state index in [0.29, 0.717) is 5.92 Å². The molecule has 78 valence electrons. The fourth-order valence-electron chi connectivity index (χ4n) is 1.29. The molecule has 0 aliphatic heterocycles. The van der Waals surface area contributed by atoms with Crippen molar-refractivity contribution < 1.29 is 4.74 Å². The molecule has 1 heteroatoms. The van der Waals surface area contributed by atoms with Gasteiger partial charge in [0.1, 0.15) is 0 Å². The van der Waals surface area contributed by atoms with Crippen molar-refractivity contribution in [1.82, 2.24) is 0 Å². The lowest BCUT2D eigenvalue weighted by molar-refractivity contribution is 0.106. The summed E-state index contributed by atoms with van der Waals surface area (Å²) in [4.78, 5) is 0. The maximum atomic E-state index is 5.51. The van der Waals surface area contributed by atoms with Gasteiger partial charge in [-0.15, -0.1) is 6.58 Å². The summed E-state index contributed by atoms with van der Waals surface area (Å²) in [6, 6.07) is 0. The quantitative estimate of drug-likeness (QED) is 0.413. The lowest BCUT2D eigenvalue weighted by Gasteiger charge is -2.16. The van der Waals surface area contributed by atoms with Crippen molar-refractivity contribution >= 4 is 0 Å². The highest BCUT2D eigenvalue weighted by Gasteiger charge is 2.08. The van der Waals surface area contributed by atoms with Gasteiger partial charge in [-0.1, -0.05) is 33.3 Å². The third-order valence-corrected chi connectivity index (χ3v) is 2.42. The molecule has 0 amide bonds. The average Bonchev–Trinajstić information content (AvgIpc) is 2.16. The first-order valence-corrected chi connectivity index (χ1v) is 5.44. The highest BCUT2D eigenvalue weighted by Crippen LogP contribution is 2.16. The summed E-state index contributed by atoms with van der Waals surface area (Å²) < 4.78 is 5.51. The van der Waals surface area contributed by atoms with Gasteiger partial charge in [-0.25, -0.2) is 0 Å². The van der Waals surface area contributed by atoms with Crippen LogP contribution in [0.25, 0.3) is 0 Å². The van der Waals surface area contributed by atoms with Gasteiger partial charge in [0.05, 0.1) is 6.61 Å². The predicted octanol–water partition coefficient (Wildman–Crippen LogP) is 3.65. The van der Waals surface area contributed by atoms with Crippen molar-refractivity contribution in [1.29, 1.82) is 0 Å². The van der Waals surface area contributed by atoms with Gasteiger partial charge < -0.3 is 4.74 Å². The molecule has 0 saturated heterocycles. The molecule has 0 saturated carbocycles. The summed E-state index contributed by atoms with van der Waals surface area (Å²) in [7, 11) is 0. The SMILES string of the molecule is C=CC(COCCC)CC(C)CC. The van der Waals surface area contributed by atoms with Crippen molar-refractivity contribution in [2.45, 2.75) is 40.0 Å². The predicted molar refractivity (Wildman–Crippen MR) is 58.9 cm³/mol. The average molecular weight is 184 g/mol. The summed E-state index contributed by atoms with van der Waals surface area (Å²) in [5.74, 6) is 1.33. The molecule has 0 bridgehead atoms. The number of hydrogen-bond acceptors (Lipinski definition) is 1. The van der Waals surface area contributed by atoms with E-state index in [1.807, 2.05) is 6.08 Å². The van der Waals surface area contributed by atoms with E-state index in [-0.39, 0.29) is 0 Å². The van der Waals surface area contributed by atoms with Crippen molar-refractivity contribution in [3.8, 4) is 0 Å². The van der Waals surface area contributed by atoms with Crippen LogP contribution < -0.4 is 0 Å². The Bertz CT molecular complexity index is 120. The maximum absolute atomic E-state index is 5.51. The second-order valence-corrected chi connectivity index (χ2v) is 3.82. The highest BCUT2D eigenvalue weighted by atomic mass is 16.5. The molecule has 1 nitrogen and oxygen atoms in total. The first-order chi connectivity index (χ1) is 6.24. The van der Waals surface area contributed by atoms with Gasteiger partial charge in [0.25, 0.3) is 0 Å². The van der Waals surface area contributed by atoms with Gasteiger partial charge in [0.2, 0.25) is 0 Å². The van der Waals surface area contributed by atoms with Crippen molar-refractivity contribution in [3.63, 3.8) is 0 Å². The van der Waals surface area contributed by atoms with Crippen LogP contribution in [0.15, 0.2) is 12.7 Å². The molecule has 0 aliphatic carbocycles.